The molecule has 6 nitrogen and oxygen atoms in total. The van der Waals surface area contributed by atoms with E-state index in [-0.39, 0.29) is 17.3 Å². The molecular weight excluding hydrogens is 383 g/mol. The lowest BCUT2D eigenvalue weighted by atomic mass is 9.94. The van der Waals surface area contributed by atoms with Crippen molar-refractivity contribution in [3.05, 3.63) is 47.4 Å². The largest absolute Gasteiger partial charge is 0.490 e. The van der Waals surface area contributed by atoms with Crippen LogP contribution < -0.4 is 15.4 Å². The van der Waals surface area contributed by atoms with E-state index < -0.39 is 0 Å². The third kappa shape index (κ3) is 6.21. The van der Waals surface area contributed by atoms with Gasteiger partial charge in [0.05, 0.1) is 18.8 Å². The minimum absolute atomic E-state index is 0.0924. The van der Waals surface area contributed by atoms with E-state index in [1.165, 1.54) is 18.9 Å². The van der Waals surface area contributed by atoms with E-state index in [4.69, 9.17) is 9.15 Å². The Morgan fingerprint density at radius 2 is 2.13 bits per heavy atom. The number of ether oxygens (including phenoxy) is 1. The molecule has 1 atom stereocenters. The number of halogens is 1. The van der Waals surface area contributed by atoms with Gasteiger partial charge in [0, 0.05) is 12.0 Å². The topological polar surface area (TPSA) is 71.7 Å². The quantitative estimate of drug-likeness (QED) is 0.481. The highest BCUT2D eigenvalue weighted by Gasteiger charge is 2.23. The molecule has 2 aromatic rings. The summed E-state index contributed by atoms with van der Waals surface area (Å²) in [5.74, 6) is 2.59. The number of hydrogen-bond donors (Lipinski definition) is 2. The van der Waals surface area contributed by atoms with Crippen molar-refractivity contribution in [2.45, 2.75) is 65.5 Å². The first-order chi connectivity index (χ1) is 14.3. The lowest BCUT2D eigenvalue weighted by Crippen LogP contribution is -2.38. The Bertz CT molecular complexity index is 868. The van der Waals surface area contributed by atoms with Crippen LogP contribution in [0, 0.1) is 11.7 Å². The van der Waals surface area contributed by atoms with E-state index in [0.29, 0.717) is 43.2 Å². The fourth-order valence-corrected chi connectivity index (χ4v) is 2.88. The Morgan fingerprint density at radius 1 is 1.37 bits per heavy atom. The van der Waals surface area contributed by atoms with Gasteiger partial charge in [-0.2, -0.15) is 0 Å². The molecule has 2 N–H and O–H groups in total. The van der Waals surface area contributed by atoms with Crippen LogP contribution in [0.2, 0.25) is 0 Å². The van der Waals surface area contributed by atoms with Gasteiger partial charge in [-0.05, 0) is 50.3 Å². The van der Waals surface area contributed by atoms with E-state index in [1.807, 2.05) is 19.9 Å². The second-order valence-corrected chi connectivity index (χ2v) is 8.87. The van der Waals surface area contributed by atoms with Crippen LogP contribution in [0.1, 0.15) is 70.7 Å². The summed E-state index contributed by atoms with van der Waals surface area (Å²) in [5.41, 5.74) is 0.730. The van der Waals surface area contributed by atoms with Crippen LogP contribution >= 0.6 is 0 Å². The Kier molecular flexibility index (Phi) is 7.00. The third-order valence-corrected chi connectivity index (χ3v) is 4.99. The van der Waals surface area contributed by atoms with Crippen molar-refractivity contribution in [1.82, 2.24) is 15.6 Å². The Morgan fingerprint density at radius 3 is 2.73 bits per heavy atom. The van der Waals surface area contributed by atoms with E-state index in [9.17, 15) is 4.39 Å². The molecule has 0 amide bonds. The molecule has 164 valence electrons. The smallest absolute Gasteiger partial charge is 0.216 e. The van der Waals surface area contributed by atoms with Gasteiger partial charge in [-0.1, -0.05) is 26.8 Å². The van der Waals surface area contributed by atoms with E-state index in [2.05, 4.69) is 41.4 Å². The molecule has 7 heteroatoms. The lowest BCUT2D eigenvalue weighted by molar-refractivity contribution is 0.285. The zero-order chi connectivity index (χ0) is 21.7. The molecule has 1 heterocycles. The van der Waals surface area contributed by atoms with Crippen molar-refractivity contribution in [2.75, 3.05) is 13.2 Å². The second kappa shape index (κ2) is 9.49. The maximum absolute atomic E-state index is 14.4. The fraction of sp³-hybridized carbons (Fsp3) is 0.565. The maximum atomic E-state index is 14.4. The number of guanidine groups is 1. The molecule has 0 radical (unpaired) electrons. The highest BCUT2D eigenvalue weighted by Crippen LogP contribution is 2.30. The lowest BCUT2D eigenvalue weighted by Gasteiger charge is -2.19. The summed E-state index contributed by atoms with van der Waals surface area (Å²) in [6, 6.07) is 4.98. The minimum atomic E-state index is -0.335. The number of aliphatic imine (C=N–C) groups is 1. The van der Waals surface area contributed by atoms with Gasteiger partial charge in [-0.25, -0.2) is 14.4 Å². The van der Waals surface area contributed by atoms with Crippen LogP contribution in [0.3, 0.4) is 0 Å². The third-order valence-electron chi connectivity index (χ3n) is 4.99. The van der Waals surface area contributed by atoms with Gasteiger partial charge in [0.2, 0.25) is 5.89 Å². The van der Waals surface area contributed by atoms with E-state index in [0.717, 1.165) is 11.3 Å². The van der Waals surface area contributed by atoms with Crippen molar-refractivity contribution in [2.24, 2.45) is 10.9 Å². The molecule has 1 aliphatic rings. The average Bonchev–Trinajstić information content (AvgIpc) is 3.38. The zero-order valence-electron chi connectivity index (χ0n) is 18.6. The molecule has 1 aromatic heterocycles. The Labute approximate surface area is 178 Å². The highest BCUT2D eigenvalue weighted by molar-refractivity contribution is 5.80. The number of rotatable bonds is 8. The van der Waals surface area contributed by atoms with Gasteiger partial charge in [-0.15, -0.1) is 0 Å². The molecule has 0 aliphatic heterocycles. The number of aromatic nitrogens is 1. The van der Waals surface area contributed by atoms with Crippen molar-refractivity contribution in [1.29, 1.82) is 0 Å². The summed E-state index contributed by atoms with van der Waals surface area (Å²) in [4.78, 5) is 8.87. The molecule has 1 fully saturated rings. The predicted octanol–water partition coefficient (Wildman–Crippen LogP) is 4.72. The van der Waals surface area contributed by atoms with Crippen LogP contribution in [-0.4, -0.2) is 24.1 Å². The number of hydrogen-bond acceptors (Lipinski definition) is 4. The monoisotopic (exact) mass is 416 g/mol. The summed E-state index contributed by atoms with van der Waals surface area (Å²) < 4.78 is 25.8. The van der Waals surface area contributed by atoms with Gasteiger partial charge in [0.1, 0.15) is 12.3 Å². The fourth-order valence-electron chi connectivity index (χ4n) is 2.88. The normalized spacial score (nSPS) is 15.7. The summed E-state index contributed by atoms with van der Waals surface area (Å²) in [5, 5.41) is 6.52. The van der Waals surface area contributed by atoms with Gasteiger partial charge in [-0.3, -0.25) is 0 Å². The average molecular weight is 417 g/mol. The van der Waals surface area contributed by atoms with E-state index >= 15 is 0 Å². The summed E-state index contributed by atoms with van der Waals surface area (Å²) in [6.07, 6.45) is 4.11. The first-order valence-electron chi connectivity index (χ1n) is 10.7. The van der Waals surface area contributed by atoms with Crippen LogP contribution in [-0.2, 0) is 12.0 Å². The van der Waals surface area contributed by atoms with Crippen molar-refractivity contribution < 1.29 is 13.5 Å². The molecule has 1 unspecified atom stereocenters. The van der Waals surface area contributed by atoms with Crippen molar-refractivity contribution >= 4 is 5.96 Å². The van der Waals surface area contributed by atoms with Crippen molar-refractivity contribution in [3.63, 3.8) is 0 Å². The van der Waals surface area contributed by atoms with Crippen LogP contribution in [0.4, 0.5) is 4.39 Å². The van der Waals surface area contributed by atoms with Crippen LogP contribution in [0.25, 0.3) is 0 Å². The summed E-state index contributed by atoms with van der Waals surface area (Å²) >= 11 is 0. The highest BCUT2D eigenvalue weighted by atomic mass is 19.1. The van der Waals surface area contributed by atoms with Crippen LogP contribution in [0.15, 0.2) is 33.8 Å². The predicted molar refractivity (Wildman–Crippen MR) is 116 cm³/mol. The minimum Gasteiger partial charge on any atom is -0.490 e. The SMILES string of the molecule is CCNC(=NCc1ncc(C(C)(C)C)o1)NC(C)c1ccc(OCC2CC2)c(F)c1. The first-order valence-corrected chi connectivity index (χ1v) is 10.7. The molecule has 1 aromatic carbocycles. The molecule has 1 saturated carbocycles. The van der Waals surface area contributed by atoms with Gasteiger partial charge in [0.15, 0.2) is 17.5 Å². The summed E-state index contributed by atoms with van der Waals surface area (Å²) in [6.45, 7) is 11.8. The second-order valence-electron chi connectivity index (χ2n) is 8.87. The maximum Gasteiger partial charge on any atom is 0.216 e. The van der Waals surface area contributed by atoms with Gasteiger partial charge < -0.3 is 19.8 Å². The molecular formula is C23H33FN4O2. The van der Waals surface area contributed by atoms with Crippen molar-refractivity contribution in [3.8, 4) is 5.75 Å². The first kappa shape index (κ1) is 22.1. The number of nitrogens with one attached hydrogen (secondary N) is 2. The Hall–Kier alpha value is -2.57. The number of benzene rings is 1. The number of oxazole rings is 1. The standard InChI is InChI=1S/C23H33FN4O2/c1-6-25-22(27-13-21-26-12-20(30-21)23(3,4)5)28-15(2)17-9-10-19(18(24)11-17)29-14-16-7-8-16/h9-12,15-16H,6-8,13-14H2,1-5H3,(H2,25,27,28). The molecule has 0 spiro atoms. The van der Waals surface area contributed by atoms with Crippen LogP contribution in [0.5, 0.6) is 5.75 Å². The zero-order valence-corrected chi connectivity index (χ0v) is 18.6. The van der Waals surface area contributed by atoms with Gasteiger partial charge in [0.25, 0.3) is 0 Å². The molecule has 0 bridgehead atoms. The molecule has 1 aliphatic carbocycles. The van der Waals surface area contributed by atoms with Gasteiger partial charge >= 0.3 is 0 Å². The molecule has 3 rings (SSSR count). The molecule has 0 saturated heterocycles. The van der Waals surface area contributed by atoms with E-state index in [1.54, 1.807) is 12.3 Å². The molecule has 30 heavy (non-hydrogen) atoms. The Balaban J connectivity index is 1.62. The summed E-state index contributed by atoms with van der Waals surface area (Å²) in [7, 11) is 0. The number of nitrogens with zero attached hydrogens (tertiary/aromatic N) is 2.